The number of fused-ring (bicyclic) bond motifs is 11. The lowest BCUT2D eigenvalue weighted by atomic mass is 9.91. The largest absolute Gasteiger partial charge is 0.264 e. The Bertz CT molecular complexity index is 2410. The first-order valence-electron chi connectivity index (χ1n) is 13.4. The molecule has 3 heteroatoms. The molecule has 0 spiro atoms. The van der Waals surface area contributed by atoms with Crippen molar-refractivity contribution in [3.8, 4) is 22.3 Å². The fourth-order valence-corrected chi connectivity index (χ4v) is 8.85. The second-order valence-corrected chi connectivity index (χ2v) is 12.7. The van der Waals surface area contributed by atoms with Crippen LogP contribution in [0.3, 0.4) is 0 Å². The van der Waals surface area contributed by atoms with Gasteiger partial charge in [-0.25, -0.2) is 0 Å². The first kappa shape index (κ1) is 22.3. The third kappa shape index (κ3) is 3.22. The van der Waals surface area contributed by atoms with Gasteiger partial charge in [-0.15, -0.1) is 22.7 Å². The Hall–Kier alpha value is -4.57. The van der Waals surface area contributed by atoms with Crippen LogP contribution in [0.5, 0.6) is 0 Å². The van der Waals surface area contributed by atoms with Crippen LogP contribution in [-0.2, 0) is 0 Å². The van der Waals surface area contributed by atoms with E-state index >= 15 is 0 Å². The van der Waals surface area contributed by atoms with Crippen molar-refractivity contribution in [1.82, 2.24) is 4.98 Å². The minimum atomic E-state index is 1.23. The SMILES string of the molecule is c1cc(-c2ccc3c4ccccc4c4ccccc4c3c2)cc(-c2ccc3sc4sc5ccncc5c4c3c2)c1. The summed E-state index contributed by atoms with van der Waals surface area (Å²) < 4.78 is 4.02. The molecule has 0 aliphatic heterocycles. The van der Waals surface area contributed by atoms with Gasteiger partial charge in [-0.3, -0.25) is 4.98 Å². The fourth-order valence-electron chi connectivity index (χ4n) is 6.31. The number of aromatic nitrogens is 1. The van der Waals surface area contributed by atoms with E-state index in [0.717, 1.165) is 0 Å². The van der Waals surface area contributed by atoms with E-state index < -0.39 is 0 Å². The van der Waals surface area contributed by atoms with Gasteiger partial charge in [0, 0.05) is 38.0 Å². The number of nitrogens with zero attached hydrogens (tertiary/aromatic N) is 1. The maximum Gasteiger partial charge on any atom is 0.0890 e. The number of rotatable bonds is 2. The van der Waals surface area contributed by atoms with Gasteiger partial charge in [0.1, 0.15) is 0 Å². The third-order valence-electron chi connectivity index (χ3n) is 8.18. The van der Waals surface area contributed by atoms with Crippen molar-refractivity contribution in [3.05, 3.63) is 128 Å². The molecule has 0 fully saturated rings. The molecule has 0 N–H and O–H groups in total. The van der Waals surface area contributed by atoms with Crippen molar-refractivity contribution in [2.24, 2.45) is 0 Å². The van der Waals surface area contributed by atoms with Crippen molar-refractivity contribution >= 4 is 84.6 Å². The zero-order valence-corrected chi connectivity index (χ0v) is 23.0. The van der Waals surface area contributed by atoms with Gasteiger partial charge in [-0.05, 0) is 84.9 Å². The van der Waals surface area contributed by atoms with Crippen molar-refractivity contribution in [3.63, 3.8) is 0 Å². The van der Waals surface area contributed by atoms with Crippen molar-refractivity contribution < 1.29 is 0 Å². The predicted octanol–water partition coefficient (Wildman–Crippen LogP) is 11.5. The molecule has 0 saturated carbocycles. The minimum Gasteiger partial charge on any atom is -0.264 e. The quantitative estimate of drug-likeness (QED) is 0.198. The molecule has 1 nitrogen and oxygen atoms in total. The first-order chi connectivity index (χ1) is 19.8. The van der Waals surface area contributed by atoms with Crippen molar-refractivity contribution in [2.45, 2.75) is 0 Å². The zero-order chi connectivity index (χ0) is 26.2. The summed E-state index contributed by atoms with van der Waals surface area (Å²) in [6.45, 7) is 0. The Morgan fingerprint density at radius 2 is 0.950 bits per heavy atom. The van der Waals surface area contributed by atoms with E-state index in [9.17, 15) is 0 Å². The van der Waals surface area contributed by atoms with Crippen LogP contribution in [0, 0.1) is 0 Å². The summed E-state index contributed by atoms with van der Waals surface area (Å²) in [5, 5.41) is 11.8. The minimum absolute atomic E-state index is 1.23. The highest BCUT2D eigenvalue weighted by Crippen LogP contribution is 2.45. The Kier molecular flexibility index (Phi) is 4.71. The predicted molar refractivity (Wildman–Crippen MR) is 176 cm³/mol. The molecule has 40 heavy (non-hydrogen) atoms. The van der Waals surface area contributed by atoms with Gasteiger partial charge >= 0.3 is 0 Å². The Labute approximate surface area is 238 Å². The van der Waals surface area contributed by atoms with Crippen molar-refractivity contribution in [2.75, 3.05) is 0 Å². The maximum atomic E-state index is 4.42. The van der Waals surface area contributed by atoms with Crippen LogP contribution in [0.25, 0.3) is 84.1 Å². The topological polar surface area (TPSA) is 12.9 Å². The Morgan fingerprint density at radius 1 is 0.400 bits per heavy atom. The zero-order valence-electron chi connectivity index (χ0n) is 21.4. The van der Waals surface area contributed by atoms with Gasteiger partial charge in [0.25, 0.3) is 0 Å². The smallest absolute Gasteiger partial charge is 0.0890 e. The van der Waals surface area contributed by atoms with E-state index in [-0.39, 0.29) is 0 Å². The maximum absolute atomic E-state index is 4.42. The second-order valence-electron chi connectivity index (χ2n) is 10.4. The molecule has 0 atom stereocenters. The summed E-state index contributed by atoms with van der Waals surface area (Å²) in [6, 6.07) is 42.5. The molecule has 0 radical (unpaired) electrons. The van der Waals surface area contributed by atoms with Gasteiger partial charge in [-0.1, -0.05) is 84.9 Å². The van der Waals surface area contributed by atoms with Gasteiger partial charge in [0.15, 0.2) is 0 Å². The van der Waals surface area contributed by atoms with Gasteiger partial charge in [0.05, 0.1) is 4.01 Å². The van der Waals surface area contributed by atoms with E-state index in [1.54, 1.807) is 0 Å². The van der Waals surface area contributed by atoms with Crippen molar-refractivity contribution in [1.29, 1.82) is 0 Å². The molecule has 3 heterocycles. The molecule has 0 unspecified atom stereocenters. The average molecular weight is 544 g/mol. The van der Waals surface area contributed by atoms with Gasteiger partial charge < -0.3 is 0 Å². The lowest BCUT2D eigenvalue weighted by Crippen LogP contribution is -1.85. The van der Waals surface area contributed by atoms with Crippen LogP contribution in [0.4, 0.5) is 0 Å². The van der Waals surface area contributed by atoms with E-state index in [1.807, 2.05) is 35.1 Å². The summed E-state index contributed by atoms with van der Waals surface area (Å²) in [7, 11) is 0. The number of benzene rings is 6. The molecule has 3 aromatic heterocycles. The summed E-state index contributed by atoms with van der Waals surface area (Å²) in [6.07, 6.45) is 3.90. The van der Waals surface area contributed by atoms with Gasteiger partial charge in [-0.2, -0.15) is 0 Å². The summed E-state index contributed by atoms with van der Waals surface area (Å²) >= 11 is 3.75. The molecule has 9 aromatic rings. The highest BCUT2D eigenvalue weighted by Gasteiger charge is 2.14. The van der Waals surface area contributed by atoms with Crippen LogP contribution in [0.15, 0.2) is 128 Å². The summed E-state index contributed by atoms with van der Waals surface area (Å²) in [5.41, 5.74) is 4.95. The molecule has 0 saturated heterocycles. The Morgan fingerprint density at radius 3 is 1.65 bits per heavy atom. The molecule has 0 bridgehead atoms. The third-order valence-corrected chi connectivity index (χ3v) is 10.6. The fraction of sp³-hybridized carbons (Fsp3) is 0. The highest BCUT2D eigenvalue weighted by molar-refractivity contribution is 7.44. The molecule has 0 amide bonds. The van der Waals surface area contributed by atoms with E-state index in [0.29, 0.717) is 0 Å². The average Bonchev–Trinajstić information content (AvgIpc) is 3.57. The van der Waals surface area contributed by atoms with Crippen LogP contribution in [0.1, 0.15) is 0 Å². The van der Waals surface area contributed by atoms with E-state index in [2.05, 4.69) is 120 Å². The summed E-state index contributed by atoms with van der Waals surface area (Å²) in [5.74, 6) is 0. The van der Waals surface area contributed by atoms with Crippen LogP contribution in [-0.4, -0.2) is 4.98 Å². The monoisotopic (exact) mass is 543 g/mol. The first-order valence-corrected chi connectivity index (χ1v) is 15.1. The van der Waals surface area contributed by atoms with Crippen LogP contribution in [0.2, 0.25) is 0 Å². The molecule has 0 aliphatic rings. The molecule has 9 rings (SSSR count). The van der Waals surface area contributed by atoms with Gasteiger partial charge in [0.2, 0.25) is 0 Å². The number of hydrogen-bond donors (Lipinski definition) is 0. The standard InChI is InChI=1S/C37H21NS2/c1-2-10-28-26(8-1)27-9-3-4-11-29(27)31-19-24(12-14-30(28)31)22-6-5-7-23(18-22)25-13-15-34-32(20-25)36-33-21-38-17-16-35(33)40-37(36)39-34/h1-21H. The molecule has 6 aromatic carbocycles. The van der Waals surface area contributed by atoms with Crippen LogP contribution < -0.4 is 0 Å². The molecular formula is C37H21NS2. The van der Waals surface area contributed by atoms with E-state index in [4.69, 9.17) is 0 Å². The normalized spacial score (nSPS) is 12.0. The lowest BCUT2D eigenvalue weighted by molar-refractivity contribution is 1.37. The molecule has 0 aliphatic carbocycles. The van der Waals surface area contributed by atoms with Crippen LogP contribution >= 0.6 is 22.7 Å². The second kappa shape index (κ2) is 8.46. The molecular weight excluding hydrogens is 523 g/mol. The number of thiophene rings is 2. The van der Waals surface area contributed by atoms with E-state index in [1.165, 1.54) is 84.1 Å². The number of pyridine rings is 1. The summed E-state index contributed by atoms with van der Waals surface area (Å²) in [4.78, 5) is 4.42. The highest BCUT2D eigenvalue weighted by atomic mass is 32.2. The number of hydrogen-bond acceptors (Lipinski definition) is 3. The lowest BCUT2D eigenvalue weighted by Gasteiger charge is -2.12. The molecule has 186 valence electrons. The Balaban J connectivity index is 1.22.